The molecule has 1 aromatic rings. The summed E-state index contributed by atoms with van der Waals surface area (Å²) in [6, 6.07) is 8.66. The van der Waals surface area contributed by atoms with Crippen LogP contribution >= 0.6 is 0 Å². The molecule has 1 aromatic carbocycles. The minimum atomic E-state index is 0.174. The molecule has 4 heteroatoms. The molecule has 4 atom stereocenters. The SMILES string of the molecule is N/C(=N/O)c1cccc(CNC2C3C4CCC(C4)C23)c1. The normalized spacial score (nSPS) is 38.0. The zero-order chi connectivity index (χ0) is 13.7. The Bertz CT molecular complexity index is 540. The average molecular weight is 271 g/mol. The van der Waals surface area contributed by atoms with E-state index in [0.29, 0.717) is 0 Å². The fourth-order valence-corrected chi connectivity index (χ4v) is 4.73. The van der Waals surface area contributed by atoms with Crippen LogP contribution in [0.25, 0.3) is 0 Å². The molecule has 0 saturated heterocycles. The molecule has 0 spiro atoms. The van der Waals surface area contributed by atoms with Crippen molar-refractivity contribution in [3.63, 3.8) is 0 Å². The fraction of sp³-hybridized carbons (Fsp3) is 0.562. The van der Waals surface area contributed by atoms with E-state index < -0.39 is 0 Å². The zero-order valence-electron chi connectivity index (χ0n) is 11.5. The number of hydrogen-bond donors (Lipinski definition) is 3. The van der Waals surface area contributed by atoms with Crippen molar-refractivity contribution in [1.82, 2.24) is 5.32 Å². The van der Waals surface area contributed by atoms with E-state index in [9.17, 15) is 0 Å². The number of fused-ring (bicyclic) bond motifs is 5. The highest BCUT2D eigenvalue weighted by Crippen LogP contribution is 2.65. The molecule has 0 heterocycles. The summed E-state index contributed by atoms with van der Waals surface area (Å²) in [5.74, 6) is 4.10. The molecular weight excluding hydrogens is 250 g/mol. The van der Waals surface area contributed by atoms with Gasteiger partial charge in [0, 0.05) is 18.2 Å². The van der Waals surface area contributed by atoms with Gasteiger partial charge in [0.2, 0.25) is 0 Å². The standard InChI is InChI=1S/C16H21N3O/c17-16(19-20)12-3-1-2-9(6-12)8-18-15-13-10-4-5-11(7-10)14(13)15/h1-3,6,10-11,13-15,18,20H,4-5,7-8H2,(H2,17,19). The van der Waals surface area contributed by atoms with Crippen LogP contribution in [0.3, 0.4) is 0 Å². The number of amidine groups is 1. The van der Waals surface area contributed by atoms with Crippen LogP contribution in [0.1, 0.15) is 30.4 Å². The first-order chi connectivity index (χ1) is 9.78. The summed E-state index contributed by atoms with van der Waals surface area (Å²) in [6.07, 6.45) is 4.42. The van der Waals surface area contributed by atoms with E-state index in [4.69, 9.17) is 10.9 Å². The molecule has 106 valence electrons. The maximum Gasteiger partial charge on any atom is 0.170 e. The Kier molecular flexibility index (Phi) is 2.74. The Morgan fingerprint density at radius 1 is 1.30 bits per heavy atom. The highest BCUT2D eigenvalue weighted by atomic mass is 16.4. The van der Waals surface area contributed by atoms with Crippen molar-refractivity contribution in [2.24, 2.45) is 34.6 Å². The van der Waals surface area contributed by atoms with Crippen LogP contribution < -0.4 is 11.1 Å². The molecule has 0 amide bonds. The van der Waals surface area contributed by atoms with E-state index in [1.54, 1.807) is 0 Å². The van der Waals surface area contributed by atoms with E-state index in [-0.39, 0.29) is 5.84 Å². The molecule has 3 saturated carbocycles. The summed E-state index contributed by atoms with van der Waals surface area (Å²) in [4.78, 5) is 0. The summed E-state index contributed by atoms with van der Waals surface area (Å²) < 4.78 is 0. The molecule has 0 radical (unpaired) electrons. The highest BCUT2D eigenvalue weighted by molar-refractivity contribution is 5.97. The van der Waals surface area contributed by atoms with Gasteiger partial charge in [-0.05, 0) is 54.6 Å². The van der Waals surface area contributed by atoms with Crippen molar-refractivity contribution < 1.29 is 5.21 Å². The summed E-state index contributed by atoms with van der Waals surface area (Å²) in [6.45, 7) is 0.879. The van der Waals surface area contributed by atoms with E-state index in [1.807, 2.05) is 18.2 Å². The molecule has 3 aliphatic rings. The number of hydrogen-bond acceptors (Lipinski definition) is 3. The first-order valence-electron chi connectivity index (χ1n) is 7.58. The number of rotatable bonds is 4. The summed E-state index contributed by atoms with van der Waals surface area (Å²) in [5.41, 5.74) is 7.61. The van der Waals surface area contributed by atoms with Crippen LogP contribution in [-0.4, -0.2) is 17.1 Å². The van der Waals surface area contributed by atoms with Gasteiger partial charge in [0.05, 0.1) is 0 Å². The zero-order valence-corrected chi connectivity index (χ0v) is 11.5. The van der Waals surface area contributed by atoms with Gasteiger partial charge in [-0.25, -0.2) is 0 Å². The van der Waals surface area contributed by atoms with Crippen LogP contribution in [0, 0.1) is 23.7 Å². The molecule has 20 heavy (non-hydrogen) atoms. The number of nitrogens with zero attached hydrogens (tertiary/aromatic N) is 1. The third-order valence-corrected chi connectivity index (χ3v) is 5.61. The van der Waals surface area contributed by atoms with Crippen molar-refractivity contribution in [2.75, 3.05) is 0 Å². The predicted molar refractivity (Wildman–Crippen MR) is 77.4 cm³/mol. The molecule has 3 fully saturated rings. The lowest BCUT2D eigenvalue weighted by atomic mass is 10.0. The lowest BCUT2D eigenvalue weighted by Gasteiger charge is -2.11. The van der Waals surface area contributed by atoms with Crippen molar-refractivity contribution in [2.45, 2.75) is 31.8 Å². The second-order valence-electron chi connectivity index (χ2n) is 6.58. The van der Waals surface area contributed by atoms with Crippen LogP contribution in [0.4, 0.5) is 0 Å². The van der Waals surface area contributed by atoms with Gasteiger partial charge >= 0.3 is 0 Å². The van der Waals surface area contributed by atoms with E-state index in [0.717, 1.165) is 41.8 Å². The second-order valence-corrected chi connectivity index (χ2v) is 6.58. The predicted octanol–water partition coefficient (Wildman–Crippen LogP) is 1.92. The highest BCUT2D eigenvalue weighted by Gasteiger charge is 2.64. The van der Waals surface area contributed by atoms with Crippen molar-refractivity contribution >= 4 is 5.84 Å². The van der Waals surface area contributed by atoms with Crippen LogP contribution in [0.15, 0.2) is 29.4 Å². The Hall–Kier alpha value is -1.55. The first-order valence-corrected chi connectivity index (χ1v) is 7.58. The molecule has 0 aromatic heterocycles. The fourth-order valence-electron chi connectivity index (χ4n) is 4.73. The Morgan fingerprint density at radius 2 is 2.05 bits per heavy atom. The number of benzene rings is 1. The van der Waals surface area contributed by atoms with Gasteiger partial charge in [-0.3, -0.25) is 0 Å². The molecule has 0 aliphatic heterocycles. The number of nitrogens with two attached hydrogens (primary N) is 1. The van der Waals surface area contributed by atoms with E-state index in [1.165, 1.54) is 24.8 Å². The lowest BCUT2D eigenvalue weighted by molar-refractivity contribution is 0.318. The summed E-state index contributed by atoms with van der Waals surface area (Å²) in [5, 5.41) is 15.5. The van der Waals surface area contributed by atoms with E-state index >= 15 is 0 Å². The number of nitrogens with one attached hydrogen (secondary N) is 1. The summed E-state index contributed by atoms with van der Waals surface area (Å²) in [7, 11) is 0. The molecule has 4 N–H and O–H groups in total. The molecule has 4 nitrogen and oxygen atoms in total. The van der Waals surface area contributed by atoms with Crippen LogP contribution in [0.5, 0.6) is 0 Å². The molecule has 4 rings (SSSR count). The van der Waals surface area contributed by atoms with Gasteiger partial charge in [0.15, 0.2) is 5.84 Å². The number of oxime groups is 1. The topological polar surface area (TPSA) is 70.6 Å². The van der Waals surface area contributed by atoms with Crippen LogP contribution in [-0.2, 0) is 6.54 Å². The second kappa shape index (κ2) is 4.48. The van der Waals surface area contributed by atoms with Crippen molar-refractivity contribution in [3.8, 4) is 0 Å². The Labute approximate surface area is 119 Å². The van der Waals surface area contributed by atoms with Crippen LogP contribution in [0.2, 0.25) is 0 Å². The largest absolute Gasteiger partial charge is 0.409 e. The third kappa shape index (κ3) is 1.82. The molecular formula is C16H21N3O. The van der Waals surface area contributed by atoms with Gasteiger partial charge in [-0.1, -0.05) is 23.4 Å². The first kappa shape index (κ1) is 12.2. The van der Waals surface area contributed by atoms with Gasteiger partial charge in [-0.15, -0.1) is 0 Å². The Balaban J connectivity index is 1.39. The van der Waals surface area contributed by atoms with Gasteiger partial charge in [-0.2, -0.15) is 0 Å². The van der Waals surface area contributed by atoms with Crippen molar-refractivity contribution in [1.29, 1.82) is 0 Å². The minimum absolute atomic E-state index is 0.174. The lowest BCUT2D eigenvalue weighted by Crippen LogP contribution is -2.22. The van der Waals surface area contributed by atoms with Gasteiger partial charge in [0.1, 0.15) is 0 Å². The summed E-state index contributed by atoms with van der Waals surface area (Å²) >= 11 is 0. The molecule has 3 aliphatic carbocycles. The van der Waals surface area contributed by atoms with Crippen molar-refractivity contribution in [3.05, 3.63) is 35.4 Å². The monoisotopic (exact) mass is 271 g/mol. The maximum absolute atomic E-state index is 8.73. The Morgan fingerprint density at radius 3 is 2.75 bits per heavy atom. The van der Waals surface area contributed by atoms with E-state index in [2.05, 4.69) is 16.5 Å². The average Bonchev–Trinajstić information content (AvgIpc) is 2.87. The van der Waals surface area contributed by atoms with Gasteiger partial charge < -0.3 is 16.3 Å². The maximum atomic E-state index is 8.73. The smallest absolute Gasteiger partial charge is 0.170 e. The molecule has 4 unspecified atom stereocenters. The van der Waals surface area contributed by atoms with Gasteiger partial charge in [0.25, 0.3) is 0 Å². The quantitative estimate of drug-likeness (QED) is 0.339. The minimum Gasteiger partial charge on any atom is -0.409 e. The third-order valence-electron chi connectivity index (χ3n) is 5.61. The molecule has 2 bridgehead atoms.